The molecule has 0 saturated heterocycles. The summed E-state index contributed by atoms with van der Waals surface area (Å²) in [7, 11) is -4.46. The Labute approximate surface area is 149 Å². The molecular weight excluding hydrogens is 394 g/mol. The van der Waals surface area contributed by atoms with Crippen LogP contribution in [0, 0.1) is 0 Å². The van der Waals surface area contributed by atoms with E-state index in [1.165, 1.54) is 32.6 Å². The number of rotatable bonds is 6. The van der Waals surface area contributed by atoms with Crippen molar-refractivity contribution in [3.8, 4) is 0 Å². The summed E-state index contributed by atoms with van der Waals surface area (Å²) in [6.07, 6.45) is 3.44. The fourth-order valence-electron chi connectivity index (χ4n) is 1.42. The van der Waals surface area contributed by atoms with Crippen LogP contribution in [0.2, 0.25) is 5.15 Å². The molecule has 11 nitrogen and oxygen atoms in total. The molecule has 0 bridgehead atoms. The van der Waals surface area contributed by atoms with Gasteiger partial charge < -0.3 is 0 Å². The Hall–Kier alpha value is -2.09. The molecule has 0 unspecified atom stereocenters. The Morgan fingerprint density at radius 3 is 2.40 bits per heavy atom. The van der Waals surface area contributed by atoms with Crippen LogP contribution in [0.15, 0.2) is 34.9 Å². The second kappa shape index (κ2) is 7.03. The van der Waals surface area contributed by atoms with Crippen LogP contribution in [-0.4, -0.2) is 72.1 Å². The Morgan fingerprint density at radius 1 is 1.16 bits per heavy atom. The van der Waals surface area contributed by atoms with Gasteiger partial charge in [-0.15, -0.1) is 9.19 Å². The van der Waals surface area contributed by atoms with Gasteiger partial charge in [0.15, 0.2) is 0 Å². The van der Waals surface area contributed by atoms with Gasteiger partial charge >= 0.3 is 20.2 Å². The molecule has 0 aromatic carbocycles. The largest absolute Gasteiger partial charge is 0.323 e. The van der Waals surface area contributed by atoms with E-state index in [4.69, 9.17) is 11.6 Å². The predicted molar refractivity (Wildman–Crippen MR) is 89.8 cm³/mol. The molecule has 25 heavy (non-hydrogen) atoms. The van der Waals surface area contributed by atoms with Gasteiger partial charge in [0, 0.05) is 32.9 Å². The van der Waals surface area contributed by atoms with Crippen molar-refractivity contribution in [3.05, 3.63) is 35.4 Å². The topological polar surface area (TPSA) is 131 Å². The molecule has 2 heterocycles. The Balaban J connectivity index is 2.26. The fourth-order valence-corrected chi connectivity index (χ4v) is 3.05. The molecule has 0 aliphatic carbocycles. The van der Waals surface area contributed by atoms with Crippen LogP contribution in [0.5, 0.6) is 0 Å². The number of nitrogens with zero attached hydrogens (tertiary/aromatic N) is 7. The Bertz CT molecular complexity index is 984. The lowest BCUT2D eigenvalue weighted by molar-refractivity contribution is 0.481. The molecule has 14 heteroatoms. The number of hydrazone groups is 1. The average Bonchev–Trinajstić information content (AvgIpc) is 3.05. The number of halogens is 1. The molecule has 0 amide bonds. The number of hydrogen-bond donors (Lipinski definition) is 0. The standard InChI is InChI=1S/C11H14ClN7O4S2/c1-17(2)25(22,23)19-8-14-11(16-19)24(20,21)18(3)15-7-9-4-5-10(12)13-6-9/h4-8H,1-3H3/b15-7+. The third kappa shape index (κ3) is 4.12. The summed E-state index contributed by atoms with van der Waals surface area (Å²) in [5, 5.41) is 6.86. The predicted octanol–water partition coefficient (Wildman–Crippen LogP) is -0.364. The molecule has 0 radical (unpaired) electrons. The molecule has 0 aliphatic rings. The van der Waals surface area contributed by atoms with Crippen LogP contribution in [0.1, 0.15) is 5.56 Å². The summed E-state index contributed by atoms with van der Waals surface area (Å²) in [5.41, 5.74) is 0.514. The molecule has 2 rings (SSSR count). The van der Waals surface area contributed by atoms with E-state index >= 15 is 0 Å². The minimum atomic E-state index is -4.22. The highest BCUT2D eigenvalue weighted by molar-refractivity contribution is 7.89. The van der Waals surface area contributed by atoms with Gasteiger partial charge in [-0.05, 0) is 12.1 Å². The van der Waals surface area contributed by atoms with Crippen molar-refractivity contribution in [2.24, 2.45) is 5.10 Å². The van der Waals surface area contributed by atoms with Gasteiger partial charge in [0.1, 0.15) is 11.5 Å². The molecule has 0 N–H and O–H groups in total. The zero-order valence-electron chi connectivity index (χ0n) is 13.3. The molecule has 2 aromatic heterocycles. The molecule has 0 fully saturated rings. The van der Waals surface area contributed by atoms with Crippen molar-refractivity contribution < 1.29 is 16.8 Å². The average molecular weight is 408 g/mol. The highest BCUT2D eigenvalue weighted by atomic mass is 35.5. The first-order valence-corrected chi connectivity index (χ1v) is 9.76. The van der Waals surface area contributed by atoms with Crippen LogP contribution in [0.3, 0.4) is 0 Å². The van der Waals surface area contributed by atoms with Gasteiger partial charge in [-0.1, -0.05) is 11.6 Å². The normalized spacial score (nSPS) is 12.8. The minimum Gasteiger partial charge on any atom is -0.244 e. The summed E-state index contributed by atoms with van der Waals surface area (Å²) in [5.74, 6) is 0. The quantitative estimate of drug-likeness (QED) is 0.363. The lowest BCUT2D eigenvalue weighted by Gasteiger charge is -2.11. The zero-order chi connectivity index (χ0) is 18.8. The smallest absolute Gasteiger partial charge is 0.244 e. The van der Waals surface area contributed by atoms with Gasteiger partial charge in [0.05, 0.1) is 6.21 Å². The molecule has 0 aliphatic heterocycles. The highest BCUT2D eigenvalue weighted by Gasteiger charge is 2.27. The molecular formula is C11H14ClN7O4S2. The molecule has 0 atom stereocenters. The van der Waals surface area contributed by atoms with Gasteiger partial charge in [-0.25, -0.2) is 9.97 Å². The van der Waals surface area contributed by atoms with Crippen molar-refractivity contribution in [2.75, 3.05) is 21.1 Å². The fraction of sp³-hybridized carbons (Fsp3) is 0.273. The molecule has 2 aromatic rings. The van der Waals surface area contributed by atoms with E-state index in [9.17, 15) is 16.8 Å². The first-order valence-electron chi connectivity index (χ1n) is 6.54. The minimum absolute atomic E-state index is 0.287. The maximum atomic E-state index is 12.3. The van der Waals surface area contributed by atoms with Crippen LogP contribution in [-0.2, 0) is 20.2 Å². The second-order valence-electron chi connectivity index (χ2n) is 4.79. The Morgan fingerprint density at radius 2 is 1.84 bits per heavy atom. The first-order chi connectivity index (χ1) is 11.5. The number of hydrogen-bond acceptors (Lipinski definition) is 8. The lowest BCUT2D eigenvalue weighted by atomic mass is 10.3. The summed E-state index contributed by atoms with van der Waals surface area (Å²) in [4.78, 5) is 7.37. The summed E-state index contributed by atoms with van der Waals surface area (Å²) >= 11 is 5.66. The zero-order valence-corrected chi connectivity index (χ0v) is 15.7. The summed E-state index contributed by atoms with van der Waals surface area (Å²) < 4.78 is 50.5. The monoisotopic (exact) mass is 407 g/mol. The lowest BCUT2D eigenvalue weighted by Crippen LogP contribution is -2.30. The van der Waals surface area contributed by atoms with Crippen molar-refractivity contribution in [1.29, 1.82) is 0 Å². The highest BCUT2D eigenvalue weighted by Crippen LogP contribution is 2.11. The summed E-state index contributed by atoms with van der Waals surface area (Å²) in [6.45, 7) is 0. The van der Waals surface area contributed by atoms with E-state index in [2.05, 4.69) is 20.2 Å². The van der Waals surface area contributed by atoms with Gasteiger partial charge in [-0.2, -0.15) is 30.7 Å². The van der Waals surface area contributed by atoms with E-state index in [0.29, 0.717) is 14.1 Å². The van der Waals surface area contributed by atoms with Gasteiger partial charge in [-0.3, -0.25) is 0 Å². The Kier molecular flexibility index (Phi) is 5.41. The van der Waals surface area contributed by atoms with Gasteiger partial charge in [0.25, 0.3) is 5.16 Å². The van der Waals surface area contributed by atoms with E-state index in [-0.39, 0.29) is 5.15 Å². The van der Waals surface area contributed by atoms with Crippen molar-refractivity contribution in [3.63, 3.8) is 0 Å². The third-order valence-electron chi connectivity index (χ3n) is 2.85. The van der Waals surface area contributed by atoms with Crippen LogP contribution < -0.4 is 0 Å². The SMILES string of the molecule is CN(/N=C/c1ccc(Cl)nc1)S(=O)(=O)c1ncn(S(=O)(=O)N(C)C)n1. The molecule has 0 spiro atoms. The molecule has 136 valence electrons. The van der Waals surface area contributed by atoms with Gasteiger partial charge in [0.2, 0.25) is 0 Å². The third-order valence-corrected chi connectivity index (χ3v) is 6.08. The van der Waals surface area contributed by atoms with E-state index in [0.717, 1.165) is 17.7 Å². The van der Waals surface area contributed by atoms with Crippen molar-refractivity contribution in [1.82, 2.24) is 27.9 Å². The van der Waals surface area contributed by atoms with Crippen LogP contribution in [0.4, 0.5) is 0 Å². The van der Waals surface area contributed by atoms with Crippen LogP contribution >= 0.6 is 11.6 Å². The first kappa shape index (κ1) is 19.2. The van der Waals surface area contributed by atoms with E-state index in [1.807, 2.05) is 0 Å². The number of aromatic nitrogens is 4. The van der Waals surface area contributed by atoms with E-state index < -0.39 is 25.4 Å². The number of sulfonamides is 1. The second-order valence-corrected chi connectivity index (χ2v) is 9.02. The van der Waals surface area contributed by atoms with E-state index in [1.54, 1.807) is 6.07 Å². The van der Waals surface area contributed by atoms with Crippen molar-refractivity contribution >= 4 is 38.0 Å². The maximum Gasteiger partial charge on any atom is 0.323 e. The maximum absolute atomic E-state index is 12.3. The number of pyridine rings is 1. The van der Waals surface area contributed by atoms with Crippen LogP contribution in [0.25, 0.3) is 0 Å². The summed E-state index contributed by atoms with van der Waals surface area (Å²) in [6, 6.07) is 3.11. The van der Waals surface area contributed by atoms with Crippen molar-refractivity contribution in [2.45, 2.75) is 5.16 Å². The molecule has 0 saturated carbocycles.